The van der Waals surface area contributed by atoms with E-state index in [1.54, 1.807) is 0 Å². The minimum absolute atomic E-state index is 0.602. The predicted octanol–water partition coefficient (Wildman–Crippen LogP) is 4.51. The molecule has 2 N–H and O–H groups in total. The highest BCUT2D eigenvalue weighted by Gasteiger charge is 2.10. The molecular formula is C18H20ClNO. The molecule has 0 heterocycles. The smallest absolute Gasteiger partial charge is 0.128 e. The largest absolute Gasteiger partial charge is 0.457 e. The molecule has 0 atom stereocenters. The Morgan fingerprint density at radius 2 is 1.67 bits per heavy atom. The van der Waals surface area contributed by atoms with E-state index < -0.39 is 0 Å². The number of rotatable bonds is 4. The van der Waals surface area contributed by atoms with Crippen LogP contribution in [-0.4, -0.2) is 6.54 Å². The summed E-state index contributed by atoms with van der Waals surface area (Å²) >= 11 is 6.25. The SMILES string of the molecule is NCCc1ccc(Oc2ccc3c(c2)CCCC3)cc1Cl. The molecule has 2 aromatic carbocycles. The molecule has 2 aromatic rings. The first-order valence-corrected chi connectivity index (χ1v) is 7.92. The molecule has 0 amide bonds. The summed E-state index contributed by atoms with van der Waals surface area (Å²) in [5, 5.41) is 0.718. The molecule has 0 spiro atoms. The number of halogens is 1. The summed E-state index contributed by atoms with van der Waals surface area (Å²) in [6.45, 7) is 0.602. The van der Waals surface area contributed by atoms with Gasteiger partial charge in [0.2, 0.25) is 0 Å². The minimum atomic E-state index is 0.602. The molecule has 1 aliphatic rings. The maximum absolute atomic E-state index is 6.25. The van der Waals surface area contributed by atoms with Crippen molar-refractivity contribution in [2.45, 2.75) is 32.1 Å². The van der Waals surface area contributed by atoms with Crippen LogP contribution in [0.5, 0.6) is 11.5 Å². The lowest BCUT2D eigenvalue weighted by Gasteiger charge is -2.17. The fraction of sp³-hybridized carbons (Fsp3) is 0.333. The molecule has 3 rings (SSSR count). The summed E-state index contributed by atoms with van der Waals surface area (Å²) in [5.41, 5.74) is 9.52. The van der Waals surface area contributed by atoms with Gasteiger partial charge in [-0.15, -0.1) is 0 Å². The van der Waals surface area contributed by atoms with Gasteiger partial charge < -0.3 is 10.5 Å². The van der Waals surface area contributed by atoms with E-state index in [1.165, 1.54) is 30.4 Å². The van der Waals surface area contributed by atoms with Gasteiger partial charge >= 0.3 is 0 Å². The van der Waals surface area contributed by atoms with Crippen LogP contribution in [-0.2, 0) is 19.3 Å². The molecule has 0 saturated carbocycles. The van der Waals surface area contributed by atoms with Crippen molar-refractivity contribution < 1.29 is 4.74 Å². The zero-order valence-corrected chi connectivity index (χ0v) is 12.8. The second-order valence-electron chi connectivity index (χ2n) is 5.53. The second kappa shape index (κ2) is 6.50. The van der Waals surface area contributed by atoms with Crippen molar-refractivity contribution in [1.82, 2.24) is 0 Å². The molecule has 0 unspecified atom stereocenters. The van der Waals surface area contributed by atoms with Crippen molar-refractivity contribution in [2.24, 2.45) is 5.73 Å². The number of hydrogen-bond donors (Lipinski definition) is 1. The molecule has 0 fully saturated rings. The van der Waals surface area contributed by atoms with Crippen LogP contribution in [0.1, 0.15) is 29.5 Å². The van der Waals surface area contributed by atoms with Crippen LogP contribution in [0.15, 0.2) is 36.4 Å². The summed E-state index contributed by atoms with van der Waals surface area (Å²) in [4.78, 5) is 0. The van der Waals surface area contributed by atoms with Crippen molar-refractivity contribution in [3.63, 3.8) is 0 Å². The molecule has 110 valence electrons. The van der Waals surface area contributed by atoms with Crippen LogP contribution >= 0.6 is 11.6 Å². The summed E-state index contributed by atoms with van der Waals surface area (Å²) in [6.07, 6.45) is 5.71. The Bertz CT molecular complexity index is 639. The van der Waals surface area contributed by atoms with E-state index in [1.807, 2.05) is 24.3 Å². The highest BCUT2D eigenvalue weighted by molar-refractivity contribution is 6.31. The topological polar surface area (TPSA) is 35.2 Å². The molecule has 0 bridgehead atoms. The van der Waals surface area contributed by atoms with Crippen molar-refractivity contribution in [2.75, 3.05) is 6.54 Å². The van der Waals surface area contributed by atoms with Crippen molar-refractivity contribution >= 4 is 11.6 Å². The Morgan fingerprint density at radius 3 is 2.43 bits per heavy atom. The van der Waals surface area contributed by atoms with Crippen LogP contribution in [0.25, 0.3) is 0 Å². The van der Waals surface area contributed by atoms with E-state index in [0.717, 1.165) is 34.9 Å². The van der Waals surface area contributed by atoms with Gasteiger partial charge in [-0.25, -0.2) is 0 Å². The monoisotopic (exact) mass is 301 g/mol. The van der Waals surface area contributed by atoms with E-state index in [4.69, 9.17) is 22.1 Å². The Kier molecular flexibility index (Phi) is 4.47. The number of aryl methyl sites for hydroxylation is 2. The molecule has 21 heavy (non-hydrogen) atoms. The van der Waals surface area contributed by atoms with Gasteiger partial charge in [0.15, 0.2) is 0 Å². The maximum atomic E-state index is 6.25. The number of ether oxygens (including phenoxy) is 1. The first-order valence-electron chi connectivity index (χ1n) is 7.54. The van der Waals surface area contributed by atoms with Gasteiger partial charge in [0.25, 0.3) is 0 Å². The van der Waals surface area contributed by atoms with Crippen molar-refractivity contribution in [1.29, 1.82) is 0 Å². The highest BCUT2D eigenvalue weighted by Crippen LogP contribution is 2.30. The third kappa shape index (κ3) is 3.39. The van der Waals surface area contributed by atoms with Gasteiger partial charge in [0.05, 0.1) is 0 Å². The van der Waals surface area contributed by atoms with Gasteiger partial charge in [-0.2, -0.15) is 0 Å². The Hall–Kier alpha value is -1.51. The quantitative estimate of drug-likeness (QED) is 0.901. The molecular weight excluding hydrogens is 282 g/mol. The number of hydrogen-bond acceptors (Lipinski definition) is 2. The minimum Gasteiger partial charge on any atom is -0.457 e. The van der Waals surface area contributed by atoms with E-state index >= 15 is 0 Å². The zero-order valence-electron chi connectivity index (χ0n) is 12.1. The van der Waals surface area contributed by atoms with Gasteiger partial charge in [-0.05, 0) is 79.6 Å². The van der Waals surface area contributed by atoms with Crippen LogP contribution < -0.4 is 10.5 Å². The highest BCUT2D eigenvalue weighted by atomic mass is 35.5. The summed E-state index contributed by atoms with van der Waals surface area (Å²) in [5.74, 6) is 1.66. The van der Waals surface area contributed by atoms with Gasteiger partial charge in [0.1, 0.15) is 11.5 Å². The van der Waals surface area contributed by atoms with Crippen molar-refractivity contribution in [3.8, 4) is 11.5 Å². The lowest BCUT2D eigenvalue weighted by atomic mass is 9.92. The van der Waals surface area contributed by atoms with Crippen LogP contribution in [0.3, 0.4) is 0 Å². The Balaban J connectivity index is 1.78. The zero-order chi connectivity index (χ0) is 14.7. The predicted molar refractivity (Wildman–Crippen MR) is 87.4 cm³/mol. The first-order chi connectivity index (χ1) is 10.3. The fourth-order valence-corrected chi connectivity index (χ4v) is 3.12. The van der Waals surface area contributed by atoms with E-state index in [2.05, 4.69) is 12.1 Å². The fourth-order valence-electron chi connectivity index (χ4n) is 2.86. The molecule has 0 aromatic heterocycles. The average molecular weight is 302 g/mol. The number of benzene rings is 2. The maximum Gasteiger partial charge on any atom is 0.128 e. The normalized spacial score (nSPS) is 13.8. The number of nitrogens with two attached hydrogens (primary N) is 1. The lowest BCUT2D eigenvalue weighted by molar-refractivity contribution is 0.480. The van der Waals surface area contributed by atoms with Gasteiger partial charge in [-0.1, -0.05) is 23.7 Å². The third-order valence-electron chi connectivity index (χ3n) is 3.99. The Morgan fingerprint density at radius 1 is 0.952 bits per heavy atom. The van der Waals surface area contributed by atoms with Gasteiger partial charge in [0, 0.05) is 5.02 Å². The molecule has 0 saturated heterocycles. The molecule has 2 nitrogen and oxygen atoms in total. The third-order valence-corrected chi connectivity index (χ3v) is 4.35. The summed E-state index contributed by atoms with van der Waals surface area (Å²) < 4.78 is 5.94. The lowest BCUT2D eigenvalue weighted by Crippen LogP contribution is -2.03. The van der Waals surface area contributed by atoms with Crippen molar-refractivity contribution in [3.05, 3.63) is 58.1 Å². The molecule has 0 radical (unpaired) electrons. The van der Waals surface area contributed by atoms with E-state index in [9.17, 15) is 0 Å². The molecule has 3 heteroatoms. The summed E-state index contributed by atoms with van der Waals surface area (Å²) in [7, 11) is 0. The van der Waals surface area contributed by atoms with Crippen LogP contribution in [0, 0.1) is 0 Å². The van der Waals surface area contributed by atoms with E-state index in [0.29, 0.717) is 6.54 Å². The number of fused-ring (bicyclic) bond motifs is 1. The Labute approximate surface area is 130 Å². The van der Waals surface area contributed by atoms with Crippen LogP contribution in [0.4, 0.5) is 0 Å². The molecule has 1 aliphatic carbocycles. The molecule has 0 aliphatic heterocycles. The van der Waals surface area contributed by atoms with Crippen LogP contribution in [0.2, 0.25) is 5.02 Å². The standard InChI is InChI=1S/C18H20ClNO/c19-18-12-17(8-6-14(18)9-10-20)21-16-7-5-13-3-1-2-4-15(13)11-16/h5-8,11-12H,1-4,9-10,20H2. The first kappa shape index (κ1) is 14.4. The average Bonchev–Trinajstić information content (AvgIpc) is 2.50. The summed E-state index contributed by atoms with van der Waals surface area (Å²) in [6, 6.07) is 12.2. The van der Waals surface area contributed by atoms with Gasteiger partial charge in [-0.3, -0.25) is 0 Å². The second-order valence-corrected chi connectivity index (χ2v) is 5.94. The van der Waals surface area contributed by atoms with E-state index in [-0.39, 0.29) is 0 Å².